The normalized spacial score (nSPS) is 11.3. The van der Waals surface area contributed by atoms with E-state index in [1.807, 2.05) is 0 Å². The molecule has 1 atom stereocenters. The van der Waals surface area contributed by atoms with E-state index in [-0.39, 0.29) is 6.61 Å². The van der Waals surface area contributed by atoms with Crippen LogP contribution in [0.15, 0.2) is 0 Å². The Hall–Kier alpha value is 0.410. The highest BCUT2D eigenvalue weighted by atomic mass is 32.7. The van der Waals surface area contributed by atoms with Crippen molar-refractivity contribution in [1.82, 2.24) is 0 Å². The summed E-state index contributed by atoms with van der Waals surface area (Å²) < 4.78 is 9.90. The van der Waals surface area contributed by atoms with Crippen LogP contribution in [0.25, 0.3) is 0 Å². The molecule has 0 saturated carbocycles. The van der Waals surface area contributed by atoms with Crippen molar-refractivity contribution in [2.45, 2.75) is 0 Å². The molecule has 0 radical (unpaired) electrons. The number of aliphatic hydroxyl groups excluding tert-OH is 1. The van der Waals surface area contributed by atoms with Crippen LogP contribution >= 0.6 is 19.3 Å². The summed E-state index contributed by atoms with van der Waals surface area (Å²) >= 11 is 3.53. The van der Waals surface area contributed by atoms with E-state index in [0.717, 1.165) is 0 Å². The molecule has 4 heteroatoms. The second-order valence-corrected chi connectivity index (χ2v) is 3.29. The molecule has 2 nitrogen and oxygen atoms in total. The number of aliphatic hydroxyl groups is 1. The van der Waals surface area contributed by atoms with Crippen molar-refractivity contribution < 1.29 is 9.67 Å². The smallest absolute Gasteiger partial charge is 0.392 e. The van der Waals surface area contributed by atoms with E-state index >= 15 is 0 Å². The number of rotatable bonds is 2. The van der Waals surface area contributed by atoms with Gasteiger partial charge in [-0.1, -0.05) is 4.57 Å². The van der Waals surface area contributed by atoms with Crippen LogP contribution in [-0.4, -0.2) is 17.9 Å². The van der Waals surface area contributed by atoms with Gasteiger partial charge in [-0.15, -0.1) is 0 Å². The van der Waals surface area contributed by atoms with Crippen LogP contribution in [0.2, 0.25) is 0 Å². The predicted molar refractivity (Wildman–Crippen MR) is 28.5 cm³/mol. The van der Waals surface area contributed by atoms with Gasteiger partial charge in [-0.05, 0) is 0 Å². The molecule has 0 aliphatic rings. The molecule has 0 bridgehead atoms. The molecule has 0 aromatic rings. The molecule has 0 aromatic carbocycles. The Labute approximate surface area is 42.5 Å². The summed E-state index contributed by atoms with van der Waals surface area (Å²) in [6.45, 7) is -0.0291. The lowest BCUT2D eigenvalue weighted by Crippen LogP contribution is -1.79. The molecule has 0 heterocycles. The average molecular weight is 125 g/mol. The highest BCUT2D eigenvalue weighted by Crippen LogP contribution is 2.23. The summed E-state index contributed by atoms with van der Waals surface area (Å²) in [6, 6.07) is 0. The van der Waals surface area contributed by atoms with Gasteiger partial charge in [0.2, 0.25) is 0 Å². The Morgan fingerprint density at radius 1 is 1.83 bits per heavy atom. The third-order valence-corrected chi connectivity index (χ3v) is 1.47. The maximum Gasteiger partial charge on any atom is 0.409 e. The second kappa shape index (κ2) is 3.59. The quantitative estimate of drug-likeness (QED) is 0.420. The summed E-state index contributed by atoms with van der Waals surface area (Å²) in [7, 11) is -1.41. The van der Waals surface area contributed by atoms with E-state index < -0.39 is 7.00 Å². The molecule has 0 rings (SSSR count). The van der Waals surface area contributed by atoms with Crippen LogP contribution in [0.3, 0.4) is 0 Å². The molecule has 1 unspecified atom stereocenters. The fraction of sp³-hybridized carbons (Fsp3) is 1.00. The fourth-order valence-electron chi connectivity index (χ4n) is 0.0855. The Bertz CT molecular complexity index is 55.5. The monoisotopic (exact) mass is 125 g/mol. The Balaban J connectivity index is 2.83. The largest absolute Gasteiger partial charge is 0.409 e. The molecule has 0 fully saturated rings. The maximum absolute atomic E-state index is 9.90. The standard InChI is InChI=1S/C2H5O2PS/c3-1-2-5(4)6/h3H,1-2H2/p+1. The van der Waals surface area contributed by atoms with Crippen molar-refractivity contribution in [3.05, 3.63) is 0 Å². The third-order valence-electron chi connectivity index (χ3n) is 0.291. The molecule has 0 aromatic heterocycles. The summed E-state index contributed by atoms with van der Waals surface area (Å²) in [6.07, 6.45) is 0.304. The first-order valence-electron chi connectivity index (χ1n) is 1.52. The van der Waals surface area contributed by atoms with Crippen LogP contribution < -0.4 is 0 Å². The van der Waals surface area contributed by atoms with Crippen LogP contribution in [0.5, 0.6) is 0 Å². The summed E-state index contributed by atoms with van der Waals surface area (Å²) in [5.41, 5.74) is 0. The van der Waals surface area contributed by atoms with Crippen molar-refractivity contribution in [2.75, 3.05) is 12.8 Å². The van der Waals surface area contributed by atoms with Crippen LogP contribution in [0.1, 0.15) is 0 Å². The molecule has 0 spiro atoms. The average Bonchev–Trinajstić information content (AvgIpc) is 1.35. The maximum atomic E-state index is 9.90. The van der Waals surface area contributed by atoms with Crippen LogP contribution in [-0.2, 0) is 4.57 Å². The topological polar surface area (TPSA) is 37.3 Å². The van der Waals surface area contributed by atoms with Crippen LogP contribution in [0, 0.1) is 0 Å². The number of thiol groups is 1. The molecule has 6 heavy (non-hydrogen) atoms. The number of hydrogen-bond donors (Lipinski definition) is 2. The Kier molecular flexibility index (Phi) is 3.84. The van der Waals surface area contributed by atoms with E-state index in [0.29, 0.717) is 6.16 Å². The van der Waals surface area contributed by atoms with Gasteiger partial charge in [-0.25, -0.2) is 0 Å². The summed E-state index contributed by atoms with van der Waals surface area (Å²) in [5, 5.41) is 8.00. The number of hydrogen-bond acceptors (Lipinski definition) is 2. The second-order valence-electron chi connectivity index (χ2n) is 0.799. The molecule has 0 amide bonds. The van der Waals surface area contributed by atoms with E-state index in [1.165, 1.54) is 0 Å². The Morgan fingerprint density at radius 2 is 2.33 bits per heavy atom. The van der Waals surface area contributed by atoms with Gasteiger partial charge in [0.25, 0.3) is 0 Å². The van der Waals surface area contributed by atoms with Crippen LogP contribution in [0.4, 0.5) is 0 Å². The van der Waals surface area contributed by atoms with E-state index in [1.54, 1.807) is 0 Å². The van der Waals surface area contributed by atoms with Crippen molar-refractivity contribution in [3.63, 3.8) is 0 Å². The van der Waals surface area contributed by atoms with Crippen molar-refractivity contribution in [2.24, 2.45) is 0 Å². The fourth-order valence-corrected chi connectivity index (χ4v) is 0.525. The van der Waals surface area contributed by atoms with Gasteiger partial charge < -0.3 is 5.11 Å². The van der Waals surface area contributed by atoms with E-state index in [4.69, 9.17) is 5.11 Å². The third kappa shape index (κ3) is 4.41. The van der Waals surface area contributed by atoms with Crippen molar-refractivity contribution in [3.8, 4) is 0 Å². The molecule has 0 aliphatic heterocycles. The lowest BCUT2D eigenvalue weighted by atomic mass is 10.9. The van der Waals surface area contributed by atoms with E-state index in [9.17, 15) is 4.57 Å². The van der Waals surface area contributed by atoms with Gasteiger partial charge in [0.05, 0.1) is 6.61 Å². The molecule has 36 valence electrons. The first-order chi connectivity index (χ1) is 2.77. The molecular weight excluding hydrogens is 119 g/mol. The van der Waals surface area contributed by atoms with Gasteiger partial charge >= 0.3 is 7.00 Å². The van der Waals surface area contributed by atoms with Crippen molar-refractivity contribution >= 4 is 19.3 Å². The summed E-state index contributed by atoms with van der Waals surface area (Å²) in [4.78, 5) is 0. The first kappa shape index (κ1) is 6.41. The molecule has 1 N–H and O–H groups in total. The predicted octanol–water partition coefficient (Wildman–Crippen LogP) is 0.651. The SMILES string of the molecule is O=[P+](S)CCO. The van der Waals surface area contributed by atoms with Gasteiger partial charge in [0.15, 0.2) is 6.16 Å². The Morgan fingerprint density at radius 3 is 2.33 bits per heavy atom. The minimum absolute atomic E-state index is 0.0291. The zero-order valence-electron chi connectivity index (χ0n) is 3.16. The van der Waals surface area contributed by atoms with Gasteiger partial charge in [-0.2, -0.15) is 0 Å². The minimum atomic E-state index is -1.41. The zero-order chi connectivity index (χ0) is 4.99. The van der Waals surface area contributed by atoms with Gasteiger partial charge in [-0.3, -0.25) is 0 Å². The highest BCUT2D eigenvalue weighted by Gasteiger charge is 2.02. The summed E-state index contributed by atoms with van der Waals surface area (Å²) in [5.74, 6) is 0. The zero-order valence-corrected chi connectivity index (χ0v) is 4.95. The first-order valence-corrected chi connectivity index (χ1v) is 4.11. The minimum Gasteiger partial charge on any atom is -0.392 e. The molecule has 0 aliphatic carbocycles. The lowest BCUT2D eigenvalue weighted by Gasteiger charge is -1.67. The van der Waals surface area contributed by atoms with Gasteiger partial charge in [0.1, 0.15) is 12.2 Å². The highest BCUT2D eigenvalue weighted by molar-refractivity contribution is 8.40. The molecular formula is C2H6O2PS+. The lowest BCUT2D eigenvalue weighted by molar-refractivity contribution is 0.321. The molecule has 0 saturated heterocycles. The van der Waals surface area contributed by atoms with E-state index in [2.05, 4.69) is 12.2 Å². The van der Waals surface area contributed by atoms with Crippen molar-refractivity contribution in [1.29, 1.82) is 0 Å². The van der Waals surface area contributed by atoms with Gasteiger partial charge in [0, 0.05) is 0 Å².